The molecule has 3 rings (SSSR count). The van der Waals surface area contributed by atoms with E-state index in [0.717, 1.165) is 5.01 Å². The number of amides is 1. The maximum Gasteiger partial charge on any atom is 0.262 e. The number of aryl methyl sites for hydroxylation is 1. The normalized spacial score (nSPS) is 11.2. The van der Waals surface area contributed by atoms with Crippen molar-refractivity contribution >= 4 is 33.3 Å². The molecule has 0 bridgehead atoms. The average Bonchev–Trinajstić information content (AvgIpc) is 2.99. The Balaban J connectivity index is 2.01. The monoisotopic (exact) mass is 346 g/mol. The van der Waals surface area contributed by atoms with E-state index in [1.807, 2.05) is 13.8 Å². The lowest BCUT2D eigenvalue weighted by molar-refractivity contribution is 0.102. The summed E-state index contributed by atoms with van der Waals surface area (Å²) in [4.78, 5) is 24.9. The number of hydrogen-bond acceptors (Lipinski definition) is 5. The molecule has 0 aliphatic rings. The van der Waals surface area contributed by atoms with Crippen molar-refractivity contribution in [2.45, 2.75) is 19.8 Å². The summed E-state index contributed by atoms with van der Waals surface area (Å²) in [6.45, 7) is 3.94. The van der Waals surface area contributed by atoms with E-state index in [1.54, 1.807) is 7.05 Å². The molecule has 0 aliphatic carbocycles. The Morgan fingerprint density at radius 3 is 2.75 bits per heavy atom. The summed E-state index contributed by atoms with van der Waals surface area (Å²) in [6, 6.07) is 4.22. The predicted molar refractivity (Wildman–Crippen MR) is 91.1 cm³/mol. The maximum atomic E-state index is 13.9. The van der Waals surface area contributed by atoms with Crippen LogP contribution in [0.25, 0.3) is 10.9 Å². The van der Waals surface area contributed by atoms with Crippen LogP contribution in [0.5, 0.6) is 0 Å². The van der Waals surface area contributed by atoms with E-state index in [2.05, 4.69) is 15.5 Å². The molecular weight excluding hydrogens is 331 g/mol. The summed E-state index contributed by atoms with van der Waals surface area (Å²) in [5.74, 6) is -0.900. The fraction of sp³-hybridized carbons (Fsp3) is 0.250. The third kappa shape index (κ3) is 2.80. The number of aromatic nitrogens is 3. The number of hydrogen-bond donors (Lipinski definition) is 1. The van der Waals surface area contributed by atoms with E-state index in [4.69, 9.17) is 0 Å². The molecule has 0 atom stereocenters. The van der Waals surface area contributed by atoms with Crippen molar-refractivity contribution in [3.63, 3.8) is 0 Å². The van der Waals surface area contributed by atoms with Gasteiger partial charge in [-0.2, -0.15) is 0 Å². The fourth-order valence-electron chi connectivity index (χ4n) is 2.36. The number of para-hydroxylation sites is 1. The SMILES string of the molecule is CC(C)c1nnc(NC(=O)c2cn(C)c3c(F)cccc3c2=O)s1. The van der Waals surface area contributed by atoms with Crippen molar-refractivity contribution in [1.82, 2.24) is 14.8 Å². The van der Waals surface area contributed by atoms with Crippen LogP contribution >= 0.6 is 11.3 Å². The zero-order valence-electron chi connectivity index (χ0n) is 13.3. The van der Waals surface area contributed by atoms with Gasteiger partial charge in [-0.3, -0.25) is 14.9 Å². The minimum absolute atomic E-state index is 0.0723. The summed E-state index contributed by atoms with van der Waals surface area (Å²) in [5.41, 5.74) is -0.428. The molecule has 24 heavy (non-hydrogen) atoms. The summed E-state index contributed by atoms with van der Waals surface area (Å²) in [5, 5.41) is 11.7. The summed E-state index contributed by atoms with van der Waals surface area (Å²) < 4.78 is 15.3. The van der Waals surface area contributed by atoms with Crippen LogP contribution in [-0.4, -0.2) is 20.7 Å². The van der Waals surface area contributed by atoms with Crippen molar-refractivity contribution in [1.29, 1.82) is 0 Å². The molecule has 1 aromatic carbocycles. The number of halogens is 1. The van der Waals surface area contributed by atoms with E-state index in [1.165, 1.54) is 40.3 Å². The molecule has 124 valence electrons. The van der Waals surface area contributed by atoms with Gasteiger partial charge in [0.2, 0.25) is 10.6 Å². The highest BCUT2D eigenvalue weighted by atomic mass is 32.1. The molecule has 1 amide bonds. The van der Waals surface area contributed by atoms with Crippen LogP contribution in [0.3, 0.4) is 0 Å². The van der Waals surface area contributed by atoms with Crippen molar-refractivity contribution in [2.75, 3.05) is 5.32 Å². The highest BCUT2D eigenvalue weighted by molar-refractivity contribution is 7.15. The largest absolute Gasteiger partial charge is 0.347 e. The van der Waals surface area contributed by atoms with Crippen LogP contribution in [0.1, 0.15) is 35.1 Å². The first kappa shape index (κ1) is 16.3. The number of anilines is 1. The Kier molecular flexibility index (Phi) is 4.15. The van der Waals surface area contributed by atoms with Gasteiger partial charge in [-0.05, 0) is 12.1 Å². The molecule has 3 aromatic rings. The van der Waals surface area contributed by atoms with E-state index < -0.39 is 17.2 Å². The summed E-state index contributed by atoms with van der Waals surface area (Å²) in [7, 11) is 1.59. The lowest BCUT2D eigenvalue weighted by Crippen LogP contribution is -2.23. The Morgan fingerprint density at radius 1 is 1.33 bits per heavy atom. The maximum absolute atomic E-state index is 13.9. The predicted octanol–water partition coefficient (Wildman–Crippen LogP) is 2.90. The molecule has 0 radical (unpaired) electrons. The van der Waals surface area contributed by atoms with Crippen LogP contribution in [0, 0.1) is 5.82 Å². The van der Waals surface area contributed by atoms with Crippen LogP contribution < -0.4 is 10.7 Å². The summed E-state index contributed by atoms with van der Waals surface area (Å²) >= 11 is 1.26. The van der Waals surface area contributed by atoms with Gasteiger partial charge in [0.1, 0.15) is 16.4 Å². The highest BCUT2D eigenvalue weighted by Gasteiger charge is 2.18. The number of benzene rings is 1. The Bertz CT molecular complexity index is 993. The van der Waals surface area contributed by atoms with Gasteiger partial charge >= 0.3 is 0 Å². The number of nitrogens with one attached hydrogen (secondary N) is 1. The Labute approximate surface area is 141 Å². The second-order valence-electron chi connectivity index (χ2n) is 5.67. The second-order valence-corrected chi connectivity index (χ2v) is 6.68. The standard InChI is InChI=1S/C16H15FN4O2S/c1-8(2)15-19-20-16(24-15)18-14(23)10-7-21(3)12-9(13(10)22)5-4-6-11(12)17/h4-8H,1-3H3,(H,18,20,23). The highest BCUT2D eigenvalue weighted by Crippen LogP contribution is 2.23. The van der Waals surface area contributed by atoms with E-state index in [9.17, 15) is 14.0 Å². The van der Waals surface area contributed by atoms with Crippen molar-refractivity contribution < 1.29 is 9.18 Å². The van der Waals surface area contributed by atoms with Crippen molar-refractivity contribution in [3.8, 4) is 0 Å². The molecule has 0 unspecified atom stereocenters. The number of nitrogens with zero attached hydrogens (tertiary/aromatic N) is 3. The molecule has 6 nitrogen and oxygen atoms in total. The number of rotatable bonds is 3. The molecule has 0 saturated carbocycles. The van der Waals surface area contributed by atoms with Crippen LogP contribution in [0.4, 0.5) is 9.52 Å². The average molecular weight is 346 g/mol. The Morgan fingerprint density at radius 2 is 2.08 bits per heavy atom. The smallest absolute Gasteiger partial charge is 0.262 e. The fourth-order valence-corrected chi connectivity index (χ4v) is 3.10. The number of pyridine rings is 1. The van der Waals surface area contributed by atoms with Crippen LogP contribution in [-0.2, 0) is 7.05 Å². The van der Waals surface area contributed by atoms with Gasteiger partial charge in [-0.25, -0.2) is 4.39 Å². The van der Waals surface area contributed by atoms with E-state index in [-0.39, 0.29) is 22.4 Å². The molecule has 0 fully saturated rings. The third-order valence-electron chi connectivity index (χ3n) is 3.55. The molecule has 2 heterocycles. The van der Waals surface area contributed by atoms with E-state index in [0.29, 0.717) is 5.13 Å². The van der Waals surface area contributed by atoms with Gasteiger partial charge in [-0.15, -0.1) is 10.2 Å². The lowest BCUT2D eigenvalue weighted by Gasteiger charge is -2.09. The zero-order valence-corrected chi connectivity index (χ0v) is 14.1. The Hall–Kier alpha value is -2.61. The molecule has 8 heteroatoms. The first-order valence-corrected chi connectivity index (χ1v) is 8.12. The number of carbonyl (C=O) groups is 1. The minimum atomic E-state index is -0.590. The van der Waals surface area contributed by atoms with Gasteiger partial charge < -0.3 is 4.57 Å². The number of carbonyl (C=O) groups excluding carboxylic acids is 1. The van der Waals surface area contributed by atoms with Crippen LogP contribution in [0.15, 0.2) is 29.2 Å². The number of fused-ring (bicyclic) bond motifs is 1. The minimum Gasteiger partial charge on any atom is -0.347 e. The molecule has 2 aromatic heterocycles. The van der Waals surface area contributed by atoms with Gasteiger partial charge in [-0.1, -0.05) is 31.3 Å². The van der Waals surface area contributed by atoms with E-state index >= 15 is 0 Å². The topological polar surface area (TPSA) is 76.9 Å². The molecule has 1 N–H and O–H groups in total. The molecule has 0 spiro atoms. The van der Waals surface area contributed by atoms with Gasteiger partial charge in [0.05, 0.1) is 5.52 Å². The first-order chi connectivity index (χ1) is 11.4. The third-order valence-corrected chi connectivity index (χ3v) is 4.69. The quantitative estimate of drug-likeness (QED) is 0.791. The first-order valence-electron chi connectivity index (χ1n) is 7.31. The van der Waals surface area contributed by atoms with Crippen LogP contribution in [0.2, 0.25) is 0 Å². The van der Waals surface area contributed by atoms with Gasteiger partial charge in [0.25, 0.3) is 5.91 Å². The van der Waals surface area contributed by atoms with Gasteiger partial charge in [0, 0.05) is 24.5 Å². The zero-order chi connectivity index (χ0) is 17.4. The van der Waals surface area contributed by atoms with Crippen molar-refractivity contribution in [3.05, 3.63) is 51.0 Å². The van der Waals surface area contributed by atoms with Crippen molar-refractivity contribution in [2.24, 2.45) is 7.05 Å². The second kappa shape index (κ2) is 6.12. The molecular formula is C16H15FN4O2S. The van der Waals surface area contributed by atoms with Gasteiger partial charge in [0.15, 0.2) is 0 Å². The molecule has 0 aliphatic heterocycles. The summed E-state index contributed by atoms with van der Waals surface area (Å²) in [6.07, 6.45) is 1.33. The lowest BCUT2D eigenvalue weighted by atomic mass is 10.1. The molecule has 0 saturated heterocycles.